The quantitative estimate of drug-likeness (QED) is 0.618. The molecule has 5 nitrogen and oxygen atoms in total. The maximum atomic E-state index is 13.6. The maximum Gasteiger partial charge on any atom is 0.437 e. The van der Waals surface area contributed by atoms with Gasteiger partial charge in [-0.3, -0.25) is 0 Å². The molecule has 0 spiro atoms. The Kier molecular flexibility index (Phi) is 5.90. The summed E-state index contributed by atoms with van der Waals surface area (Å²) in [5.74, 6) is -0.539. The first-order valence-electron chi connectivity index (χ1n) is 9.49. The fourth-order valence-corrected chi connectivity index (χ4v) is 3.45. The Bertz CT molecular complexity index is 972. The topological polar surface area (TPSA) is 59.4 Å². The number of nitrogens with one attached hydrogen (secondary N) is 1. The Labute approximate surface area is 174 Å². The number of alkyl halides is 6. The molecule has 1 N–H and O–H groups in total. The highest BCUT2D eigenvalue weighted by Crippen LogP contribution is 2.49. The van der Waals surface area contributed by atoms with E-state index in [1.807, 2.05) is 0 Å². The fourth-order valence-electron chi connectivity index (χ4n) is 3.45. The molecule has 1 aliphatic heterocycles. The number of hydrogen-bond donors (Lipinski definition) is 1. The van der Waals surface area contributed by atoms with E-state index in [-0.39, 0.29) is 18.9 Å². The van der Waals surface area contributed by atoms with E-state index >= 15 is 0 Å². The van der Waals surface area contributed by atoms with Crippen molar-refractivity contribution in [2.24, 2.45) is 10.9 Å². The lowest BCUT2D eigenvalue weighted by Gasteiger charge is -2.42. The minimum absolute atomic E-state index is 0.0606. The normalized spacial score (nSPS) is 19.0. The number of hydrogen-bond acceptors (Lipinski definition) is 5. The van der Waals surface area contributed by atoms with Gasteiger partial charge in [-0.15, -0.1) is 10.2 Å². The van der Waals surface area contributed by atoms with Gasteiger partial charge in [0.2, 0.25) is 5.90 Å². The van der Waals surface area contributed by atoms with Crippen LogP contribution in [0.3, 0.4) is 0 Å². The van der Waals surface area contributed by atoms with Gasteiger partial charge >= 0.3 is 12.4 Å². The number of aromatic nitrogens is 2. The second-order valence-corrected chi connectivity index (χ2v) is 7.38. The minimum atomic E-state index is -5.05. The highest BCUT2D eigenvalue weighted by atomic mass is 19.4. The highest BCUT2D eigenvalue weighted by Gasteiger charge is 2.51. The predicted molar refractivity (Wildman–Crippen MR) is 102 cm³/mol. The highest BCUT2D eigenvalue weighted by molar-refractivity contribution is 5.98. The molecular formula is C20H20F6N4O. The van der Waals surface area contributed by atoms with Gasteiger partial charge in [-0.05, 0) is 18.4 Å². The van der Waals surface area contributed by atoms with Crippen molar-refractivity contribution < 1.29 is 31.1 Å². The third kappa shape index (κ3) is 4.31. The zero-order valence-electron chi connectivity index (χ0n) is 16.9. The lowest BCUT2D eigenvalue weighted by Crippen LogP contribution is -2.55. The molecule has 0 amide bonds. The Hall–Kier alpha value is -2.85. The molecule has 0 saturated carbocycles. The van der Waals surface area contributed by atoms with Gasteiger partial charge in [0, 0.05) is 6.42 Å². The Balaban J connectivity index is 2.30. The zero-order chi connectivity index (χ0) is 23.0. The van der Waals surface area contributed by atoms with Crippen molar-refractivity contribution in [3.05, 3.63) is 47.3 Å². The molecule has 1 unspecified atom stereocenters. The number of benzene rings is 1. The summed E-state index contributed by atoms with van der Waals surface area (Å²) in [6, 6.07) is 8.82. The van der Waals surface area contributed by atoms with E-state index in [4.69, 9.17) is 4.74 Å². The Morgan fingerprint density at radius 3 is 2.06 bits per heavy atom. The molecule has 11 heteroatoms. The van der Waals surface area contributed by atoms with Crippen LogP contribution in [-0.2, 0) is 23.5 Å². The van der Waals surface area contributed by atoms with Crippen molar-refractivity contribution in [2.45, 2.75) is 45.1 Å². The van der Waals surface area contributed by atoms with Crippen LogP contribution in [0.25, 0.3) is 0 Å². The van der Waals surface area contributed by atoms with Crippen molar-refractivity contribution in [1.29, 1.82) is 0 Å². The first-order chi connectivity index (χ1) is 14.4. The Morgan fingerprint density at radius 1 is 0.968 bits per heavy atom. The number of aliphatic imine (C=N–C) groups is 1. The summed E-state index contributed by atoms with van der Waals surface area (Å²) >= 11 is 0. The largest absolute Gasteiger partial charge is 0.479 e. The number of rotatable bonds is 4. The number of halogens is 6. The molecule has 1 aliphatic rings. The number of fused-ring (bicyclic) bond motifs is 1. The minimum Gasteiger partial charge on any atom is -0.479 e. The van der Waals surface area contributed by atoms with Crippen LogP contribution in [0.4, 0.5) is 37.7 Å². The van der Waals surface area contributed by atoms with Gasteiger partial charge in [-0.1, -0.05) is 44.2 Å². The van der Waals surface area contributed by atoms with E-state index in [2.05, 4.69) is 20.5 Å². The van der Waals surface area contributed by atoms with Crippen LogP contribution in [0.2, 0.25) is 0 Å². The molecule has 0 fully saturated rings. The summed E-state index contributed by atoms with van der Waals surface area (Å²) in [4.78, 5) is 3.96. The molecule has 3 rings (SSSR count). The molecule has 168 valence electrons. The average Bonchev–Trinajstić information content (AvgIpc) is 2.66. The average molecular weight is 446 g/mol. The van der Waals surface area contributed by atoms with Crippen LogP contribution in [0.5, 0.6) is 0 Å². The van der Waals surface area contributed by atoms with Gasteiger partial charge in [0.15, 0.2) is 11.4 Å². The lowest BCUT2D eigenvalue weighted by atomic mass is 9.79. The maximum absolute atomic E-state index is 13.6. The van der Waals surface area contributed by atoms with Crippen molar-refractivity contribution in [3.63, 3.8) is 0 Å². The molecular weight excluding hydrogens is 426 g/mol. The second kappa shape index (κ2) is 8.01. The summed E-state index contributed by atoms with van der Waals surface area (Å²) in [5, 5.41) is 8.37. The zero-order valence-corrected chi connectivity index (χ0v) is 16.9. The van der Waals surface area contributed by atoms with E-state index in [0.717, 1.165) is 5.56 Å². The van der Waals surface area contributed by atoms with Crippen molar-refractivity contribution in [3.8, 4) is 0 Å². The molecule has 1 atom stereocenters. The lowest BCUT2D eigenvalue weighted by molar-refractivity contribution is -0.147. The molecule has 31 heavy (non-hydrogen) atoms. The molecule has 1 aromatic heterocycles. The standard InChI is InChI=1S/C20H20F6N4O/c1-4-31-17-18(11(2)3,10-12-8-6-5-7-9-12)28-14-13(27-17)15(19(21,22)23)29-30-16(14)20(24,25)26/h5-9,11,28H,4,10H2,1-3H3. The predicted octanol–water partition coefficient (Wildman–Crippen LogP) is 5.64. The molecule has 0 radical (unpaired) electrons. The van der Waals surface area contributed by atoms with Crippen molar-refractivity contribution >= 4 is 17.3 Å². The van der Waals surface area contributed by atoms with E-state index < -0.39 is 46.6 Å². The summed E-state index contributed by atoms with van der Waals surface area (Å²) in [6.45, 7) is 5.12. The van der Waals surface area contributed by atoms with E-state index in [1.54, 1.807) is 51.1 Å². The molecule has 0 aliphatic carbocycles. The van der Waals surface area contributed by atoms with Crippen LogP contribution < -0.4 is 5.32 Å². The first kappa shape index (κ1) is 22.8. The van der Waals surface area contributed by atoms with Crippen LogP contribution in [0.15, 0.2) is 35.3 Å². The van der Waals surface area contributed by atoms with Gasteiger partial charge in [-0.2, -0.15) is 26.3 Å². The summed E-state index contributed by atoms with van der Waals surface area (Å²) in [6.07, 6.45) is -9.96. The van der Waals surface area contributed by atoms with Gasteiger partial charge < -0.3 is 10.1 Å². The van der Waals surface area contributed by atoms with Crippen molar-refractivity contribution in [2.75, 3.05) is 11.9 Å². The third-order valence-electron chi connectivity index (χ3n) is 5.02. The monoisotopic (exact) mass is 446 g/mol. The van der Waals surface area contributed by atoms with E-state index in [0.29, 0.717) is 0 Å². The summed E-state index contributed by atoms with van der Waals surface area (Å²) in [5.41, 5.74) is -5.61. The van der Waals surface area contributed by atoms with Crippen LogP contribution >= 0.6 is 0 Å². The van der Waals surface area contributed by atoms with E-state index in [1.165, 1.54) is 0 Å². The van der Waals surface area contributed by atoms with Gasteiger partial charge in [0.1, 0.15) is 11.2 Å². The van der Waals surface area contributed by atoms with Crippen LogP contribution in [0.1, 0.15) is 37.7 Å². The first-order valence-corrected chi connectivity index (χ1v) is 9.49. The SMILES string of the molecule is CCOC1=Nc2c(C(F)(F)F)nnc(C(F)(F)F)c2NC1(Cc1ccccc1)C(C)C. The summed E-state index contributed by atoms with van der Waals surface area (Å²) in [7, 11) is 0. The smallest absolute Gasteiger partial charge is 0.437 e. The van der Waals surface area contributed by atoms with Gasteiger partial charge in [0.25, 0.3) is 0 Å². The number of ether oxygens (including phenoxy) is 1. The van der Waals surface area contributed by atoms with E-state index in [9.17, 15) is 26.3 Å². The molecule has 2 heterocycles. The fraction of sp³-hybridized carbons (Fsp3) is 0.450. The molecule has 0 bridgehead atoms. The molecule has 1 aromatic carbocycles. The number of anilines is 1. The van der Waals surface area contributed by atoms with Crippen LogP contribution in [0, 0.1) is 5.92 Å². The molecule has 2 aromatic rings. The number of nitrogens with zero attached hydrogens (tertiary/aromatic N) is 3. The van der Waals surface area contributed by atoms with Gasteiger partial charge in [0.05, 0.1) is 12.3 Å². The Morgan fingerprint density at radius 2 is 1.55 bits per heavy atom. The third-order valence-corrected chi connectivity index (χ3v) is 5.02. The summed E-state index contributed by atoms with van der Waals surface area (Å²) < 4.78 is 86.9. The van der Waals surface area contributed by atoms with Crippen molar-refractivity contribution in [1.82, 2.24) is 10.2 Å². The van der Waals surface area contributed by atoms with Gasteiger partial charge in [-0.25, -0.2) is 4.99 Å². The second-order valence-electron chi connectivity index (χ2n) is 7.38. The molecule has 0 saturated heterocycles. The van der Waals surface area contributed by atoms with Crippen LogP contribution in [-0.4, -0.2) is 28.2 Å².